The topological polar surface area (TPSA) is 0 Å². The molecule has 0 nitrogen and oxygen atoms in total. The Balaban J connectivity index is 0. The van der Waals surface area contributed by atoms with Crippen LogP contribution < -0.4 is 0 Å². The molecule has 4 heteroatoms. The van der Waals surface area contributed by atoms with Crippen molar-refractivity contribution in [2.24, 2.45) is 0 Å². The predicted octanol–water partition coefficient (Wildman–Crippen LogP) is -1.19. The van der Waals surface area contributed by atoms with Gasteiger partial charge in [0.05, 0.1) is 0 Å². The molecule has 0 unspecified atom stereocenters. The van der Waals surface area contributed by atoms with E-state index in [9.17, 15) is 0 Å². The molecule has 0 atom stereocenters. The van der Waals surface area contributed by atoms with Crippen molar-refractivity contribution in [2.75, 3.05) is 0 Å². The molecular formula is H3AlAuCrMo. The van der Waals surface area contributed by atoms with Gasteiger partial charge in [0.25, 0.3) is 0 Å². The van der Waals surface area contributed by atoms with E-state index in [0.717, 1.165) is 0 Å². The number of hydrogen-bond acceptors (Lipinski definition) is 0. The summed E-state index contributed by atoms with van der Waals surface area (Å²) in [6, 6.07) is 0. The van der Waals surface area contributed by atoms with E-state index in [1.54, 1.807) is 0 Å². The summed E-state index contributed by atoms with van der Waals surface area (Å²) < 4.78 is 0. The maximum atomic E-state index is 0. The Hall–Kier alpha value is 2.49. The van der Waals surface area contributed by atoms with Crippen molar-refractivity contribution in [3.05, 3.63) is 0 Å². The van der Waals surface area contributed by atoms with Crippen molar-refractivity contribution >= 4 is 17.4 Å². The molecule has 4 heavy (non-hydrogen) atoms. The Kier molecular flexibility index (Phi) is 141. The molecule has 0 aliphatic heterocycles. The van der Waals surface area contributed by atoms with E-state index in [4.69, 9.17) is 0 Å². The van der Waals surface area contributed by atoms with Crippen molar-refractivity contribution < 1.29 is 60.8 Å². The summed E-state index contributed by atoms with van der Waals surface area (Å²) in [5.41, 5.74) is 0. The summed E-state index contributed by atoms with van der Waals surface area (Å²) in [4.78, 5) is 0. The van der Waals surface area contributed by atoms with Gasteiger partial charge in [0, 0.05) is 60.8 Å². The number of hydrogen-bond donors (Lipinski definition) is 0. The maximum absolute atomic E-state index is 0. The Morgan fingerprint density at radius 1 is 1.00 bits per heavy atom. The zero-order valence-electron chi connectivity index (χ0n) is 1.12. The molecule has 0 spiro atoms. The van der Waals surface area contributed by atoms with Crippen LogP contribution in [0.25, 0.3) is 0 Å². The second-order valence-electron chi connectivity index (χ2n) is 0. The summed E-state index contributed by atoms with van der Waals surface area (Å²) >= 11 is 0. The van der Waals surface area contributed by atoms with Crippen molar-refractivity contribution in [1.29, 1.82) is 0 Å². The van der Waals surface area contributed by atoms with Crippen LogP contribution in [0.15, 0.2) is 0 Å². The minimum Gasteiger partial charge on any atom is 0 e. The van der Waals surface area contributed by atoms with Crippen LogP contribution >= 0.6 is 0 Å². The second-order valence-corrected chi connectivity index (χ2v) is 0. The first-order chi connectivity index (χ1) is 0. The SMILES string of the molecule is [AlH3].[Au].[Cr].[Mo]. The van der Waals surface area contributed by atoms with Gasteiger partial charge in [-0.05, 0) is 0 Å². The Morgan fingerprint density at radius 2 is 1.00 bits per heavy atom. The van der Waals surface area contributed by atoms with Gasteiger partial charge in [0.2, 0.25) is 0 Å². The van der Waals surface area contributed by atoms with Crippen LogP contribution in [-0.4, -0.2) is 17.4 Å². The third kappa shape index (κ3) is 8.82. The molecule has 0 aliphatic rings. The van der Waals surface area contributed by atoms with Gasteiger partial charge in [0.1, 0.15) is 0 Å². The third-order valence-electron chi connectivity index (χ3n) is 0. The molecule has 0 heterocycles. The smallest absolute Gasteiger partial charge is 0 e. The summed E-state index contributed by atoms with van der Waals surface area (Å²) in [6.07, 6.45) is 0. The fourth-order valence-electron chi connectivity index (χ4n) is 0. The quantitative estimate of drug-likeness (QED) is 0.468. The normalized spacial score (nSPS) is 0. The van der Waals surface area contributed by atoms with Gasteiger partial charge in [-0.25, -0.2) is 0 Å². The Morgan fingerprint density at radius 3 is 1.00 bits per heavy atom. The molecule has 0 fully saturated rings. The maximum Gasteiger partial charge on any atom is 0.187 e. The van der Waals surface area contributed by atoms with Crippen LogP contribution in [0.3, 0.4) is 0 Å². The zero-order chi connectivity index (χ0) is 0. The van der Waals surface area contributed by atoms with Crippen molar-refractivity contribution in [1.82, 2.24) is 0 Å². The van der Waals surface area contributed by atoms with Gasteiger partial charge >= 0.3 is 0 Å². The molecular weight excluding hydrogens is 372 g/mol. The molecule has 29 valence electrons. The largest absolute Gasteiger partial charge is 0.187 e. The predicted molar refractivity (Wildman–Crippen MR) is 9.94 cm³/mol. The van der Waals surface area contributed by atoms with Crippen LogP contribution in [0, 0.1) is 0 Å². The van der Waals surface area contributed by atoms with Gasteiger partial charge in [-0.3, -0.25) is 0 Å². The van der Waals surface area contributed by atoms with Crippen LogP contribution in [0.1, 0.15) is 0 Å². The Labute approximate surface area is 77.1 Å². The fraction of sp³-hybridized carbons (Fsp3) is 0. The number of rotatable bonds is 0. The van der Waals surface area contributed by atoms with Gasteiger partial charge in [0.15, 0.2) is 17.4 Å². The molecule has 0 rings (SSSR count). The van der Waals surface area contributed by atoms with Gasteiger partial charge in [-0.1, -0.05) is 0 Å². The molecule has 0 amide bonds. The molecule has 0 saturated carbocycles. The molecule has 0 N–H and O–H groups in total. The van der Waals surface area contributed by atoms with Crippen LogP contribution in [0.4, 0.5) is 0 Å². The van der Waals surface area contributed by atoms with E-state index >= 15 is 0 Å². The van der Waals surface area contributed by atoms with Gasteiger partial charge < -0.3 is 0 Å². The van der Waals surface area contributed by atoms with E-state index < -0.39 is 0 Å². The van der Waals surface area contributed by atoms with E-state index in [-0.39, 0.29) is 78.2 Å². The molecule has 0 bridgehead atoms. The first-order valence-electron chi connectivity index (χ1n) is 0. The first-order valence-corrected chi connectivity index (χ1v) is 0. The second kappa shape index (κ2) is 17.8. The fourth-order valence-corrected chi connectivity index (χ4v) is 0. The minimum atomic E-state index is 0. The average molecular weight is 375 g/mol. The van der Waals surface area contributed by atoms with Crippen molar-refractivity contribution in [2.45, 2.75) is 0 Å². The zero-order valence-corrected chi connectivity index (χ0v) is 6.57. The summed E-state index contributed by atoms with van der Waals surface area (Å²) in [5.74, 6) is 0. The van der Waals surface area contributed by atoms with Crippen molar-refractivity contribution in [3.63, 3.8) is 0 Å². The monoisotopic (exact) mass is 377 g/mol. The van der Waals surface area contributed by atoms with Crippen LogP contribution in [0.5, 0.6) is 0 Å². The van der Waals surface area contributed by atoms with Crippen LogP contribution in [-0.2, 0) is 60.8 Å². The summed E-state index contributed by atoms with van der Waals surface area (Å²) in [6.45, 7) is 0. The summed E-state index contributed by atoms with van der Waals surface area (Å²) in [5, 5.41) is 0. The molecule has 1 radical (unpaired) electrons. The molecule has 0 aromatic heterocycles. The summed E-state index contributed by atoms with van der Waals surface area (Å²) in [7, 11) is 0. The third-order valence-corrected chi connectivity index (χ3v) is 0. The molecule has 0 aromatic carbocycles. The average Bonchev–Trinajstić information content (AvgIpc) is 0. The van der Waals surface area contributed by atoms with Crippen LogP contribution in [0.2, 0.25) is 0 Å². The van der Waals surface area contributed by atoms with E-state index in [1.807, 2.05) is 0 Å². The van der Waals surface area contributed by atoms with E-state index in [2.05, 4.69) is 0 Å². The van der Waals surface area contributed by atoms with Gasteiger partial charge in [-0.15, -0.1) is 0 Å². The van der Waals surface area contributed by atoms with Gasteiger partial charge in [-0.2, -0.15) is 0 Å². The van der Waals surface area contributed by atoms with E-state index in [0.29, 0.717) is 0 Å². The molecule has 0 aliphatic carbocycles. The molecule has 0 aromatic rings. The Bertz CT molecular complexity index is 8.00. The first kappa shape index (κ1) is 31.5. The molecule has 0 saturated heterocycles. The van der Waals surface area contributed by atoms with E-state index in [1.165, 1.54) is 0 Å². The van der Waals surface area contributed by atoms with Crippen molar-refractivity contribution in [3.8, 4) is 0 Å². The minimum absolute atomic E-state index is 0. The standard InChI is InChI=1S/Al.Au.Cr.Mo.3H.